The molecule has 1 aromatic rings. The highest BCUT2D eigenvalue weighted by atomic mass is 16.6. The average Bonchev–Trinajstić information content (AvgIpc) is 2.36. The van der Waals surface area contributed by atoms with E-state index < -0.39 is 0 Å². The summed E-state index contributed by atoms with van der Waals surface area (Å²) >= 11 is 0. The lowest BCUT2D eigenvalue weighted by molar-refractivity contribution is 0.171. The van der Waals surface area contributed by atoms with Crippen molar-refractivity contribution in [3.05, 3.63) is 18.2 Å². The Balaban J connectivity index is 1.97. The van der Waals surface area contributed by atoms with Gasteiger partial charge in [-0.2, -0.15) is 0 Å². The molecule has 1 N–H and O–H groups in total. The molecule has 1 unspecified atom stereocenters. The van der Waals surface area contributed by atoms with E-state index in [2.05, 4.69) is 12.2 Å². The number of hydrogen-bond acceptors (Lipinski definition) is 4. The molecule has 0 aromatic heterocycles. The minimum atomic E-state index is 0.373. The highest BCUT2D eigenvalue weighted by Crippen LogP contribution is 2.32. The molecular formula is C13H19NO3. The molecule has 2 rings (SSSR count). The molecule has 17 heavy (non-hydrogen) atoms. The van der Waals surface area contributed by atoms with Crippen LogP contribution in [-0.2, 0) is 4.74 Å². The predicted octanol–water partition coefficient (Wildman–Crippen LogP) is 2.29. The van der Waals surface area contributed by atoms with Crippen molar-refractivity contribution in [2.45, 2.75) is 19.4 Å². The standard InChI is InChI=1S/C13H19NO3/c1-10(5-6-15-2)14-11-3-4-12-13(9-11)17-8-7-16-12/h3-4,9-10,14H,5-8H2,1-2H3. The molecule has 1 atom stereocenters. The molecule has 0 bridgehead atoms. The van der Waals surface area contributed by atoms with Crippen LogP contribution < -0.4 is 14.8 Å². The molecule has 0 radical (unpaired) electrons. The van der Waals surface area contributed by atoms with Gasteiger partial charge in [0.25, 0.3) is 0 Å². The van der Waals surface area contributed by atoms with E-state index in [4.69, 9.17) is 14.2 Å². The molecule has 4 nitrogen and oxygen atoms in total. The highest BCUT2D eigenvalue weighted by Gasteiger charge is 2.12. The molecule has 4 heteroatoms. The summed E-state index contributed by atoms with van der Waals surface area (Å²) in [5, 5.41) is 3.41. The number of rotatable bonds is 5. The second-order valence-corrected chi connectivity index (χ2v) is 4.19. The minimum absolute atomic E-state index is 0.373. The molecule has 0 spiro atoms. The molecule has 0 aliphatic carbocycles. The van der Waals surface area contributed by atoms with Crippen LogP contribution in [0, 0.1) is 0 Å². The van der Waals surface area contributed by atoms with Gasteiger partial charge in [0.1, 0.15) is 13.2 Å². The summed E-state index contributed by atoms with van der Waals surface area (Å²) in [6, 6.07) is 6.31. The lowest BCUT2D eigenvalue weighted by Crippen LogP contribution is -2.18. The summed E-state index contributed by atoms with van der Waals surface area (Å²) in [4.78, 5) is 0. The van der Waals surface area contributed by atoms with Crippen molar-refractivity contribution < 1.29 is 14.2 Å². The van der Waals surface area contributed by atoms with E-state index in [0.29, 0.717) is 19.3 Å². The van der Waals surface area contributed by atoms with E-state index in [1.165, 1.54) is 0 Å². The van der Waals surface area contributed by atoms with Crippen LogP contribution >= 0.6 is 0 Å². The van der Waals surface area contributed by atoms with Crippen LogP contribution in [0.4, 0.5) is 5.69 Å². The smallest absolute Gasteiger partial charge is 0.163 e. The Hall–Kier alpha value is -1.42. The topological polar surface area (TPSA) is 39.7 Å². The van der Waals surface area contributed by atoms with E-state index in [0.717, 1.165) is 30.2 Å². The number of fused-ring (bicyclic) bond motifs is 1. The quantitative estimate of drug-likeness (QED) is 0.853. The van der Waals surface area contributed by atoms with Crippen LogP contribution in [0.5, 0.6) is 11.5 Å². The lowest BCUT2D eigenvalue weighted by Gasteiger charge is -2.20. The molecule has 1 aliphatic rings. The van der Waals surface area contributed by atoms with Crippen molar-refractivity contribution in [3.63, 3.8) is 0 Å². The van der Waals surface area contributed by atoms with E-state index in [9.17, 15) is 0 Å². The summed E-state index contributed by atoms with van der Waals surface area (Å²) in [6.07, 6.45) is 0.977. The largest absolute Gasteiger partial charge is 0.486 e. The molecule has 1 heterocycles. The third kappa shape index (κ3) is 3.27. The van der Waals surface area contributed by atoms with Gasteiger partial charge < -0.3 is 19.5 Å². The van der Waals surface area contributed by atoms with E-state index in [1.807, 2.05) is 18.2 Å². The Labute approximate surface area is 102 Å². The summed E-state index contributed by atoms with van der Waals surface area (Å²) in [5.41, 5.74) is 1.05. The zero-order valence-corrected chi connectivity index (χ0v) is 10.4. The van der Waals surface area contributed by atoms with Crippen LogP contribution in [-0.4, -0.2) is 33.0 Å². The monoisotopic (exact) mass is 237 g/mol. The molecule has 1 aliphatic heterocycles. The van der Waals surface area contributed by atoms with Gasteiger partial charge in [-0.25, -0.2) is 0 Å². The predicted molar refractivity (Wildman–Crippen MR) is 67.0 cm³/mol. The maximum Gasteiger partial charge on any atom is 0.163 e. The number of nitrogens with one attached hydrogen (secondary N) is 1. The molecule has 0 amide bonds. The zero-order chi connectivity index (χ0) is 12.1. The van der Waals surface area contributed by atoms with E-state index in [1.54, 1.807) is 7.11 Å². The number of hydrogen-bond donors (Lipinski definition) is 1. The van der Waals surface area contributed by atoms with Crippen LogP contribution in [0.3, 0.4) is 0 Å². The molecule has 0 saturated heterocycles. The Morgan fingerprint density at radius 1 is 1.29 bits per heavy atom. The fourth-order valence-electron chi connectivity index (χ4n) is 1.78. The first-order chi connectivity index (χ1) is 8.29. The summed E-state index contributed by atoms with van der Waals surface area (Å²) in [5.74, 6) is 1.64. The SMILES string of the molecule is COCCC(C)Nc1ccc2c(c1)OCCO2. The number of benzene rings is 1. The Kier molecular flexibility index (Phi) is 4.09. The third-order valence-corrected chi connectivity index (χ3v) is 2.71. The van der Waals surface area contributed by atoms with Crippen molar-refractivity contribution in [3.8, 4) is 11.5 Å². The molecule has 1 aromatic carbocycles. The van der Waals surface area contributed by atoms with Crippen LogP contribution in [0.25, 0.3) is 0 Å². The van der Waals surface area contributed by atoms with Crippen molar-refractivity contribution in [2.24, 2.45) is 0 Å². The molecule has 0 saturated carbocycles. The average molecular weight is 237 g/mol. The Morgan fingerprint density at radius 2 is 2.06 bits per heavy atom. The number of ether oxygens (including phenoxy) is 3. The fourth-order valence-corrected chi connectivity index (χ4v) is 1.78. The first kappa shape index (κ1) is 12.0. The summed E-state index contributed by atoms with van der Waals surface area (Å²) in [7, 11) is 1.72. The van der Waals surface area contributed by atoms with Crippen molar-refractivity contribution in [2.75, 3.05) is 32.2 Å². The summed E-state index contributed by atoms with van der Waals surface area (Å²) in [6.45, 7) is 4.15. The third-order valence-electron chi connectivity index (χ3n) is 2.71. The van der Waals surface area contributed by atoms with E-state index in [-0.39, 0.29) is 0 Å². The van der Waals surface area contributed by atoms with E-state index >= 15 is 0 Å². The van der Waals surface area contributed by atoms with Gasteiger partial charge in [-0.15, -0.1) is 0 Å². The van der Waals surface area contributed by atoms with Gasteiger partial charge in [-0.1, -0.05) is 0 Å². The molecule has 0 fully saturated rings. The Bertz CT molecular complexity index is 368. The van der Waals surface area contributed by atoms with Crippen molar-refractivity contribution >= 4 is 5.69 Å². The molecule has 94 valence electrons. The van der Waals surface area contributed by atoms with Crippen LogP contribution in [0.15, 0.2) is 18.2 Å². The van der Waals surface area contributed by atoms with Gasteiger partial charge in [-0.05, 0) is 25.5 Å². The van der Waals surface area contributed by atoms with Gasteiger partial charge >= 0.3 is 0 Å². The normalized spacial score (nSPS) is 15.4. The van der Waals surface area contributed by atoms with Crippen LogP contribution in [0.1, 0.15) is 13.3 Å². The van der Waals surface area contributed by atoms with Crippen LogP contribution in [0.2, 0.25) is 0 Å². The van der Waals surface area contributed by atoms with Crippen molar-refractivity contribution in [1.82, 2.24) is 0 Å². The highest BCUT2D eigenvalue weighted by molar-refractivity contribution is 5.55. The van der Waals surface area contributed by atoms with Gasteiger partial charge in [0, 0.05) is 31.5 Å². The second kappa shape index (κ2) is 5.77. The number of methoxy groups -OCH3 is 1. The molecular weight excluding hydrogens is 218 g/mol. The van der Waals surface area contributed by atoms with Gasteiger partial charge in [-0.3, -0.25) is 0 Å². The van der Waals surface area contributed by atoms with Crippen molar-refractivity contribution in [1.29, 1.82) is 0 Å². The maximum absolute atomic E-state index is 5.54. The first-order valence-corrected chi connectivity index (χ1v) is 5.94. The lowest BCUT2D eigenvalue weighted by atomic mass is 10.2. The zero-order valence-electron chi connectivity index (χ0n) is 10.4. The Morgan fingerprint density at radius 3 is 2.82 bits per heavy atom. The second-order valence-electron chi connectivity index (χ2n) is 4.19. The summed E-state index contributed by atoms with van der Waals surface area (Å²) < 4.78 is 16.1. The maximum atomic E-state index is 5.54. The minimum Gasteiger partial charge on any atom is -0.486 e. The first-order valence-electron chi connectivity index (χ1n) is 5.94. The van der Waals surface area contributed by atoms with Gasteiger partial charge in [0.15, 0.2) is 11.5 Å². The number of anilines is 1. The fraction of sp³-hybridized carbons (Fsp3) is 0.538. The van der Waals surface area contributed by atoms with Gasteiger partial charge in [0.2, 0.25) is 0 Å². The van der Waals surface area contributed by atoms with Gasteiger partial charge in [0.05, 0.1) is 0 Å².